The van der Waals surface area contributed by atoms with E-state index in [0.717, 1.165) is 5.56 Å². The van der Waals surface area contributed by atoms with Crippen LogP contribution < -0.4 is 9.47 Å². The minimum Gasteiger partial charge on any atom is -0.507 e. The van der Waals surface area contributed by atoms with Crippen molar-refractivity contribution >= 4 is 11.9 Å². The molecule has 0 unspecified atom stereocenters. The number of rotatable bonds is 0. The molecule has 4 heteroatoms. The van der Waals surface area contributed by atoms with Crippen molar-refractivity contribution in [1.82, 2.24) is 0 Å². The average molecular weight is 274 g/mol. The third-order valence-electron chi connectivity index (χ3n) is 3.53. The van der Waals surface area contributed by atoms with Crippen LogP contribution in [0.1, 0.15) is 50.0 Å². The minimum absolute atomic E-state index is 0.0784. The van der Waals surface area contributed by atoms with Crippen molar-refractivity contribution in [3.05, 3.63) is 23.3 Å². The summed E-state index contributed by atoms with van der Waals surface area (Å²) in [6.07, 6.45) is 4.07. The van der Waals surface area contributed by atoms with Crippen molar-refractivity contribution < 1.29 is 19.4 Å². The van der Waals surface area contributed by atoms with Gasteiger partial charge in [-0.15, -0.1) is 0 Å². The number of carbonyl (C=O) groups excluding carboxylic acids is 1. The van der Waals surface area contributed by atoms with Gasteiger partial charge in [0, 0.05) is 6.07 Å². The zero-order chi connectivity index (χ0) is 14.7. The predicted molar refractivity (Wildman–Crippen MR) is 75.5 cm³/mol. The summed E-state index contributed by atoms with van der Waals surface area (Å²) in [5.41, 5.74) is -0.0387. The fourth-order valence-electron chi connectivity index (χ4n) is 2.64. The van der Waals surface area contributed by atoms with Crippen molar-refractivity contribution in [2.75, 3.05) is 0 Å². The van der Waals surface area contributed by atoms with E-state index in [1.165, 1.54) is 6.07 Å². The molecular formula is C16H18O4. The molecule has 0 saturated heterocycles. The van der Waals surface area contributed by atoms with Crippen LogP contribution in [0, 0.1) is 0 Å². The first kappa shape index (κ1) is 13.0. The zero-order valence-corrected chi connectivity index (χ0v) is 12.1. The van der Waals surface area contributed by atoms with Crippen molar-refractivity contribution in [2.45, 2.75) is 45.3 Å². The molecule has 0 fully saturated rings. The van der Waals surface area contributed by atoms with E-state index in [-0.39, 0.29) is 23.5 Å². The summed E-state index contributed by atoms with van der Waals surface area (Å²) in [6, 6.07) is 1.50. The average Bonchev–Trinajstić information content (AvgIpc) is 2.24. The van der Waals surface area contributed by atoms with Gasteiger partial charge in [-0.1, -0.05) is 0 Å². The molecule has 1 aromatic rings. The van der Waals surface area contributed by atoms with Crippen LogP contribution in [0.25, 0.3) is 6.08 Å². The highest BCUT2D eigenvalue weighted by atomic mass is 16.5. The minimum atomic E-state index is -0.577. The highest BCUT2D eigenvalue weighted by Crippen LogP contribution is 2.47. The molecule has 1 aromatic carbocycles. The van der Waals surface area contributed by atoms with Crippen LogP contribution in [0.15, 0.2) is 12.1 Å². The third-order valence-corrected chi connectivity index (χ3v) is 3.53. The number of carbonyl (C=O) groups is 1. The second kappa shape index (κ2) is 3.78. The lowest BCUT2D eigenvalue weighted by Gasteiger charge is -2.35. The van der Waals surface area contributed by atoms with E-state index in [9.17, 15) is 9.90 Å². The number of hydrogen-bond acceptors (Lipinski definition) is 4. The van der Waals surface area contributed by atoms with Gasteiger partial charge in [-0.05, 0) is 39.8 Å². The molecule has 2 aliphatic heterocycles. The Balaban J connectivity index is 2.23. The number of ether oxygens (including phenoxy) is 2. The summed E-state index contributed by atoms with van der Waals surface area (Å²) in [4.78, 5) is 12.2. The third kappa shape index (κ3) is 1.96. The molecular weight excluding hydrogens is 256 g/mol. The molecule has 0 aromatic heterocycles. The standard InChI is InChI=1S/C16H18O4/c1-15(2)6-5-9-12(19-15)7-10(17)13-11(18)8-16(3,4)20-14(9)13/h5-7,17H,8H2,1-4H3. The zero-order valence-electron chi connectivity index (χ0n) is 12.1. The fourth-order valence-corrected chi connectivity index (χ4v) is 2.64. The number of phenolic OH excluding ortho intramolecular Hbond substituents is 1. The van der Waals surface area contributed by atoms with E-state index in [4.69, 9.17) is 9.47 Å². The van der Waals surface area contributed by atoms with Gasteiger partial charge >= 0.3 is 0 Å². The number of phenols is 1. The molecule has 0 radical (unpaired) electrons. The van der Waals surface area contributed by atoms with Gasteiger partial charge in [0.2, 0.25) is 0 Å². The largest absolute Gasteiger partial charge is 0.507 e. The molecule has 4 nitrogen and oxygen atoms in total. The van der Waals surface area contributed by atoms with Gasteiger partial charge < -0.3 is 14.6 Å². The Morgan fingerprint density at radius 1 is 1.20 bits per heavy atom. The van der Waals surface area contributed by atoms with Crippen LogP contribution >= 0.6 is 0 Å². The number of aromatic hydroxyl groups is 1. The summed E-state index contributed by atoms with van der Waals surface area (Å²) in [5, 5.41) is 10.1. The first-order valence-corrected chi connectivity index (χ1v) is 6.69. The summed E-state index contributed by atoms with van der Waals surface area (Å²) >= 11 is 0. The van der Waals surface area contributed by atoms with E-state index in [1.807, 2.05) is 39.8 Å². The van der Waals surface area contributed by atoms with Crippen LogP contribution in [0.2, 0.25) is 0 Å². The van der Waals surface area contributed by atoms with E-state index in [1.54, 1.807) is 0 Å². The molecule has 0 aliphatic carbocycles. The number of hydrogen-bond donors (Lipinski definition) is 1. The summed E-state index contributed by atoms with van der Waals surface area (Å²) in [6.45, 7) is 7.58. The van der Waals surface area contributed by atoms with Gasteiger partial charge in [-0.3, -0.25) is 4.79 Å². The maximum atomic E-state index is 12.2. The molecule has 0 amide bonds. The molecule has 2 heterocycles. The van der Waals surface area contributed by atoms with Crippen molar-refractivity contribution in [2.24, 2.45) is 0 Å². The van der Waals surface area contributed by atoms with Crippen molar-refractivity contribution in [1.29, 1.82) is 0 Å². The second-order valence-corrected chi connectivity index (χ2v) is 6.51. The Bertz CT molecular complexity index is 638. The molecule has 0 atom stereocenters. The van der Waals surface area contributed by atoms with Crippen LogP contribution in [0.4, 0.5) is 0 Å². The van der Waals surface area contributed by atoms with Gasteiger partial charge in [-0.25, -0.2) is 0 Å². The molecule has 3 rings (SSSR count). The first-order valence-electron chi connectivity index (χ1n) is 6.69. The van der Waals surface area contributed by atoms with Gasteiger partial charge in [0.05, 0.1) is 12.0 Å². The quantitative estimate of drug-likeness (QED) is 0.788. The first-order chi connectivity index (χ1) is 9.19. The van der Waals surface area contributed by atoms with Gasteiger partial charge in [-0.2, -0.15) is 0 Å². The lowest BCUT2D eigenvalue weighted by atomic mass is 9.89. The molecule has 0 spiro atoms. The Morgan fingerprint density at radius 2 is 1.90 bits per heavy atom. The maximum absolute atomic E-state index is 12.2. The smallest absolute Gasteiger partial charge is 0.174 e. The van der Waals surface area contributed by atoms with Crippen LogP contribution in [-0.4, -0.2) is 22.1 Å². The van der Waals surface area contributed by atoms with E-state index < -0.39 is 11.2 Å². The van der Waals surface area contributed by atoms with Crippen molar-refractivity contribution in [3.8, 4) is 17.2 Å². The maximum Gasteiger partial charge on any atom is 0.174 e. The Morgan fingerprint density at radius 3 is 2.60 bits per heavy atom. The predicted octanol–water partition coefficient (Wildman–Crippen LogP) is 3.32. The lowest BCUT2D eigenvalue weighted by Crippen LogP contribution is -2.37. The summed E-state index contributed by atoms with van der Waals surface area (Å²) < 4.78 is 11.8. The molecule has 0 saturated carbocycles. The SMILES string of the molecule is CC1(C)C=Cc2c(cc(O)c3c2OC(C)(C)CC3=O)O1. The number of fused-ring (bicyclic) bond motifs is 3. The Labute approximate surface area is 118 Å². The van der Waals surface area contributed by atoms with Gasteiger partial charge in [0.1, 0.15) is 34.0 Å². The van der Waals surface area contributed by atoms with E-state index in [2.05, 4.69) is 0 Å². The summed E-state index contributed by atoms with van der Waals surface area (Å²) in [7, 11) is 0. The second-order valence-electron chi connectivity index (χ2n) is 6.51. The highest BCUT2D eigenvalue weighted by molar-refractivity contribution is 6.04. The van der Waals surface area contributed by atoms with Crippen LogP contribution in [-0.2, 0) is 0 Å². The Hall–Kier alpha value is -1.97. The number of Topliss-reactive ketones (excluding diaryl/α,β-unsaturated/α-hetero) is 1. The lowest BCUT2D eigenvalue weighted by molar-refractivity contribution is 0.0606. The topological polar surface area (TPSA) is 55.8 Å². The summed E-state index contributed by atoms with van der Waals surface area (Å²) in [5.74, 6) is 0.785. The van der Waals surface area contributed by atoms with Gasteiger partial charge in [0.25, 0.3) is 0 Å². The molecule has 106 valence electrons. The highest BCUT2D eigenvalue weighted by Gasteiger charge is 2.38. The van der Waals surface area contributed by atoms with E-state index >= 15 is 0 Å². The number of benzene rings is 1. The van der Waals surface area contributed by atoms with Crippen LogP contribution in [0.3, 0.4) is 0 Å². The monoisotopic (exact) mass is 274 g/mol. The Kier molecular flexibility index (Phi) is 2.46. The fraction of sp³-hybridized carbons (Fsp3) is 0.438. The van der Waals surface area contributed by atoms with Crippen LogP contribution in [0.5, 0.6) is 17.2 Å². The molecule has 0 bridgehead atoms. The normalized spacial score (nSPS) is 21.5. The molecule has 2 aliphatic rings. The molecule has 20 heavy (non-hydrogen) atoms. The van der Waals surface area contributed by atoms with Gasteiger partial charge in [0.15, 0.2) is 5.78 Å². The number of ketones is 1. The van der Waals surface area contributed by atoms with E-state index in [0.29, 0.717) is 11.5 Å². The molecule has 1 N–H and O–H groups in total. The van der Waals surface area contributed by atoms with Crippen molar-refractivity contribution in [3.63, 3.8) is 0 Å².